The lowest BCUT2D eigenvalue weighted by molar-refractivity contribution is 0.273. The van der Waals surface area contributed by atoms with Crippen molar-refractivity contribution < 1.29 is 9.50 Å². The first-order chi connectivity index (χ1) is 5.79. The summed E-state index contributed by atoms with van der Waals surface area (Å²) in [5, 5.41) is 8.72. The van der Waals surface area contributed by atoms with E-state index in [1.165, 1.54) is 12.1 Å². The smallest absolute Gasteiger partial charge is 0.133 e. The van der Waals surface area contributed by atoms with Crippen LogP contribution in [0.3, 0.4) is 0 Å². The molecule has 4 heteroatoms. The molecule has 0 aliphatic heterocycles. The van der Waals surface area contributed by atoms with Crippen LogP contribution in [0.2, 0.25) is 0 Å². The zero-order chi connectivity index (χ0) is 8.55. The molecule has 1 heterocycles. The van der Waals surface area contributed by atoms with Crippen molar-refractivity contribution in [1.29, 1.82) is 0 Å². The summed E-state index contributed by atoms with van der Waals surface area (Å²) in [6, 6.07) is 4.26. The van der Waals surface area contributed by atoms with Crippen molar-refractivity contribution >= 4 is 11.0 Å². The monoisotopic (exact) mass is 166 g/mol. The van der Waals surface area contributed by atoms with Crippen LogP contribution in [0.15, 0.2) is 18.2 Å². The van der Waals surface area contributed by atoms with E-state index in [-0.39, 0.29) is 12.4 Å². The largest absolute Gasteiger partial charge is 0.388 e. The Morgan fingerprint density at radius 1 is 1.50 bits per heavy atom. The van der Waals surface area contributed by atoms with E-state index in [0.717, 1.165) is 0 Å². The standard InChI is InChI=1S/C8H7FN2O/c9-5-1-2-6-7(3-5)11-8(4-12)10-6/h1-3,12H,4H2,(H,10,11). The van der Waals surface area contributed by atoms with E-state index < -0.39 is 0 Å². The van der Waals surface area contributed by atoms with Gasteiger partial charge in [-0.1, -0.05) is 0 Å². The number of benzene rings is 1. The van der Waals surface area contributed by atoms with Crippen LogP contribution in [0.4, 0.5) is 4.39 Å². The van der Waals surface area contributed by atoms with Gasteiger partial charge in [0.05, 0.1) is 11.0 Å². The van der Waals surface area contributed by atoms with E-state index >= 15 is 0 Å². The number of H-pyrrole nitrogens is 1. The summed E-state index contributed by atoms with van der Waals surface area (Å²) in [6.07, 6.45) is 0. The first-order valence-electron chi connectivity index (χ1n) is 3.54. The van der Waals surface area contributed by atoms with E-state index in [4.69, 9.17) is 5.11 Å². The molecule has 3 nitrogen and oxygen atoms in total. The molecule has 1 aromatic heterocycles. The maximum absolute atomic E-state index is 12.6. The van der Waals surface area contributed by atoms with Crippen LogP contribution >= 0.6 is 0 Å². The second kappa shape index (κ2) is 2.57. The average Bonchev–Trinajstić information content (AvgIpc) is 2.46. The van der Waals surface area contributed by atoms with Crippen LogP contribution in [0.5, 0.6) is 0 Å². The van der Waals surface area contributed by atoms with Gasteiger partial charge in [0.1, 0.15) is 18.2 Å². The SMILES string of the molecule is OCc1nc2ccc(F)cc2[nH]1. The normalized spacial score (nSPS) is 10.8. The number of nitrogens with zero attached hydrogens (tertiary/aromatic N) is 1. The van der Waals surface area contributed by atoms with Gasteiger partial charge < -0.3 is 10.1 Å². The summed E-state index contributed by atoms with van der Waals surface area (Å²) >= 11 is 0. The molecule has 0 fully saturated rings. The highest BCUT2D eigenvalue weighted by Crippen LogP contribution is 2.12. The molecule has 0 aliphatic rings. The lowest BCUT2D eigenvalue weighted by atomic mass is 10.3. The van der Waals surface area contributed by atoms with Crippen LogP contribution in [-0.2, 0) is 6.61 Å². The van der Waals surface area contributed by atoms with Crippen molar-refractivity contribution in [2.75, 3.05) is 0 Å². The molecule has 2 aromatic rings. The lowest BCUT2D eigenvalue weighted by Gasteiger charge is -1.86. The molecular weight excluding hydrogens is 159 g/mol. The fraction of sp³-hybridized carbons (Fsp3) is 0.125. The molecular formula is C8H7FN2O. The Labute approximate surface area is 67.9 Å². The fourth-order valence-electron chi connectivity index (χ4n) is 1.11. The molecule has 0 atom stereocenters. The van der Waals surface area contributed by atoms with Crippen LogP contribution in [0.25, 0.3) is 11.0 Å². The number of halogens is 1. The second-order valence-electron chi connectivity index (χ2n) is 2.50. The van der Waals surface area contributed by atoms with Gasteiger partial charge in [-0.05, 0) is 18.2 Å². The minimum atomic E-state index is -0.310. The van der Waals surface area contributed by atoms with E-state index in [9.17, 15) is 4.39 Å². The van der Waals surface area contributed by atoms with E-state index in [2.05, 4.69) is 9.97 Å². The summed E-state index contributed by atoms with van der Waals surface area (Å²) in [7, 11) is 0. The molecule has 0 unspecified atom stereocenters. The van der Waals surface area contributed by atoms with Gasteiger partial charge in [0, 0.05) is 0 Å². The van der Waals surface area contributed by atoms with Gasteiger partial charge in [-0.25, -0.2) is 9.37 Å². The predicted molar refractivity (Wildman–Crippen MR) is 42.0 cm³/mol. The highest BCUT2D eigenvalue weighted by Gasteiger charge is 2.01. The summed E-state index contributed by atoms with van der Waals surface area (Å²) in [5.41, 5.74) is 1.28. The van der Waals surface area contributed by atoms with Gasteiger partial charge >= 0.3 is 0 Å². The third kappa shape index (κ3) is 1.06. The molecule has 62 valence electrons. The molecule has 12 heavy (non-hydrogen) atoms. The molecule has 0 amide bonds. The first kappa shape index (κ1) is 7.24. The number of aliphatic hydroxyl groups is 1. The third-order valence-corrected chi connectivity index (χ3v) is 1.64. The Bertz CT molecular complexity index is 410. The fourth-order valence-corrected chi connectivity index (χ4v) is 1.11. The maximum Gasteiger partial charge on any atom is 0.133 e. The van der Waals surface area contributed by atoms with Crippen LogP contribution < -0.4 is 0 Å². The predicted octanol–water partition coefficient (Wildman–Crippen LogP) is 1.19. The molecule has 2 rings (SSSR count). The van der Waals surface area contributed by atoms with Crippen molar-refractivity contribution in [3.05, 3.63) is 29.8 Å². The third-order valence-electron chi connectivity index (χ3n) is 1.64. The molecule has 0 bridgehead atoms. The van der Waals surface area contributed by atoms with Crippen molar-refractivity contribution in [2.45, 2.75) is 6.61 Å². The number of hydrogen-bond donors (Lipinski definition) is 2. The average molecular weight is 166 g/mol. The first-order valence-corrected chi connectivity index (χ1v) is 3.54. The molecule has 0 saturated carbocycles. The van der Waals surface area contributed by atoms with E-state index in [0.29, 0.717) is 16.9 Å². The number of hydrogen-bond acceptors (Lipinski definition) is 2. The second-order valence-corrected chi connectivity index (χ2v) is 2.50. The quantitative estimate of drug-likeness (QED) is 0.668. The van der Waals surface area contributed by atoms with Gasteiger partial charge in [0.2, 0.25) is 0 Å². The van der Waals surface area contributed by atoms with E-state index in [1.54, 1.807) is 6.07 Å². The minimum Gasteiger partial charge on any atom is -0.388 e. The Morgan fingerprint density at radius 3 is 3.08 bits per heavy atom. The van der Waals surface area contributed by atoms with Crippen LogP contribution in [0, 0.1) is 5.82 Å². The highest BCUT2D eigenvalue weighted by molar-refractivity contribution is 5.74. The lowest BCUT2D eigenvalue weighted by Crippen LogP contribution is -1.83. The highest BCUT2D eigenvalue weighted by atomic mass is 19.1. The zero-order valence-corrected chi connectivity index (χ0v) is 6.21. The van der Waals surface area contributed by atoms with Gasteiger partial charge in [-0.2, -0.15) is 0 Å². The summed E-state index contributed by atoms with van der Waals surface area (Å²) in [4.78, 5) is 6.79. The Morgan fingerprint density at radius 2 is 2.33 bits per heavy atom. The van der Waals surface area contributed by atoms with Gasteiger partial charge in [0.25, 0.3) is 0 Å². The van der Waals surface area contributed by atoms with Crippen molar-refractivity contribution in [3.8, 4) is 0 Å². The number of imidazole rings is 1. The maximum atomic E-state index is 12.6. The number of fused-ring (bicyclic) bond motifs is 1. The van der Waals surface area contributed by atoms with Crippen molar-refractivity contribution in [1.82, 2.24) is 9.97 Å². The number of aliphatic hydroxyl groups excluding tert-OH is 1. The van der Waals surface area contributed by atoms with Gasteiger partial charge in [0.15, 0.2) is 0 Å². The van der Waals surface area contributed by atoms with Gasteiger partial charge in [-0.3, -0.25) is 0 Å². The van der Waals surface area contributed by atoms with Crippen molar-refractivity contribution in [3.63, 3.8) is 0 Å². The van der Waals surface area contributed by atoms with Crippen molar-refractivity contribution in [2.24, 2.45) is 0 Å². The number of aromatic nitrogens is 2. The van der Waals surface area contributed by atoms with Gasteiger partial charge in [-0.15, -0.1) is 0 Å². The number of aromatic amines is 1. The molecule has 2 N–H and O–H groups in total. The number of rotatable bonds is 1. The molecule has 0 saturated heterocycles. The Kier molecular flexibility index (Phi) is 1.55. The Hall–Kier alpha value is -1.42. The summed E-state index contributed by atoms with van der Waals surface area (Å²) < 4.78 is 12.6. The minimum absolute atomic E-state index is 0.156. The van der Waals surface area contributed by atoms with E-state index in [1.807, 2.05) is 0 Å². The molecule has 1 aromatic carbocycles. The summed E-state index contributed by atoms with van der Waals surface area (Å²) in [6.45, 7) is -0.156. The Balaban J connectivity index is 2.67. The zero-order valence-electron chi connectivity index (χ0n) is 6.21. The molecule has 0 radical (unpaired) electrons. The van der Waals surface area contributed by atoms with Crippen LogP contribution in [-0.4, -0.2) is 15.1 Å². The summed E-state index contributed by atoms with van der Waals surface area (Å²) in [5.74, 6) is 0.145. The topological polar surface area (TPSA) is 48.9 Å². The number of nitrogens with one attached hydrogen (secondary N) is 1. The molecule has 0 spiro atoms. The van der Waals surface area contributed by atoms with Crippen LogP contribution in [0.1, 0.15) is 5.82 Å². The molecule has 0 aliphatic carbocycles.